The van der Waals surface area contributed by atoms with Crippen molar-refractivity contribution in [1.82, 2.24) is 14.5 Å². The summed E-state index contributed by atoms with van der Waals surface area (Å²) in [6, 6.07) is 23.6. The zero-order valence-corrected chi connectivity index (χ0v) is 21.2. The molecule has 0 saturated carbocycles. The van der Waals surface area contributed by atoms with Crippen LogP contribution in [0, 0.1) is 0 Å². The second-order valence-corrected chi connectivity index (χ2v) is 10.2. The number of para-hydroxylation sites is 2. The van der Waals surface area contributed by atoms with Crippen molar-refractivity contribution in [1.29, 1.82) is 0 Å². The number of carbonyl (C=O) groups excluding carboxylic acids is 1. The fourth-order valence-corrected chi connectivity index (χ4v) is 4.19. The molecule has 1 N–H and O–H groups in total. The number of hydrogen-bond donors (Lipinski definition) is 1. The van der Waals surface area contributed by atoms with E-state index in [4.69, 9.17) is 21.0 Å². The van der Waals surface area contributed by atoms with E-state index in [9.17, 15) is 4.79 Å². The number of oxazole rings is 1. The molecule has 5 aromatic rings. The van der Waals surface area contributed by atoms with Gasteiger partial charge in [-0.1, -0.05) is 68.8 Å². The van der Waals surface area contributed by atoms with Gasteiger partial charge in [0.1, 0.15) is 17.8 Å². The summed E-state index contributed by atoms with van der Waals surface area (Å²) < 4.78 is 8.02. The number of imidazole rings is 1. The largest absolute Gasteiger partial charge is 0.427 e. The number of benzene rings is 3. The molecule has 7 heteroatoms. The summed E-state index contributed by atoms with van der Waals surface area (Å²) >= 11 is 6.10. The molecule has 0 radical (unpaired) electrons. The van der Waals surface area contributed by atoms with Gasteiger partial charge in [-0.3, -0.25) is 9.36 Å². The molecule has 0 saturated heterocycles. The second kappa shape index (κ2) is 9.63. The summed E-state index contributed by atoms with van der Waals surface area (Å²) in [5, 5.41) is 3.62. The van der Waals surface area contributed by atoms with Gasteiger partial charge in [0.2, 0.25) is 5.91 Å². The molecule has 2 aromatic heterocycles. The van der Waals surface area contributed by atoms with Crippen molar-refractivity contribution in [2.24, 2.45) is 0 Å². The monoisotopic (exact) mass is 498 g/mol. The number of rotatable bonds is 6. The Morgan fingerprint density at radius 1 is 1.00 bits per heavy atom. The number of amides is 1. The summed E-state index contributed by atoms with van der Waals surface area (Å²) in [5.41, 5.74) is 5.34. The Labute approximate surface area is 215 Å². The van der Waals surface area contributed by atoms with Crippen molar-refractivity contribution >= 4 is 34.2 Å². The average molecular weight is 499 g/mol. The van der Waals surface area contributed by atoms with E-state index in [1.807, 2.05) is 77.4 Å². The van der Waals surface area contributed by atoms with E-state index in [1.54, 1.807) is 6.33 Å². The van der Waals surface area contributed by atoms with Crippen LogP contribution < -0.4 is 5.32 Å². The maximum atomic E-state index is 12.8. The molecule has 36 heavy (non-hydrogen) atoms. The van der Waals surface area contributed by atoms with Gasteiger partial charge in [0, 0.05) is 29.1 Å². The number of aryl methyl sites for hydroxylation is 1. The maximum Gasteiger partial charge on any atom is 0.308 e. The number of carbonyl (C=O) groups is 1. The van der Waals surface area contributed by atoms with Crippen LogP contribution in [0.5, 0.6) is 0 Å². The van der Waals surface area contributed by atoms with Crippen LogP contribution in [0.25, 0.3) is 28.3 Å². The Hall–Kier alpha value is -3.90. The molecule has 0 bridgehead atoms. The fourth-order valence-electron chi connectivity index (χ4n) is 4.06. The SMILES string of the molecule is CC(C)(C)c1ccc(NC(=O)CCc2oc(-n3cnc4ccccc43)nc2-c2ccc(Cl)cc2)cc1. The molecule has 1 amide bonds. The molecule has 182 valence electrons. The Bertz CT molecular complexity index is 1510. The van der Waals surface area contributed by atoms with E-state index >= 15 is 0 Å². The van der Waals surface area contributed by atoms with E-state index in [0.29, 0.717) is 28.9 Å². The Balaban J connectivity index is 1.38. The summed E-state index contributed by atoms with van der Waals surface area (Å²) in [6.07, 6.45) is 2.34. The van der Waals surface area contributed by atoms with E-state index in [-0.39, 0.29) is 17.7 Å². The van der Waals surface area contributed by atoms with Gasteiger partial charge in [0.05, 0.1) is 11.0 Å². The van der Waals surface area contributed by atoms with Crippen molar-refractivity contribution in [2.75, 3.05) is 5.32 Å². The lowest BCUT2D eigenvalue weighted by atomic mass is 9.87. The number of nitrogens with one attached hydrogen (secondary N) is 1. The lowest BCUT2D eigenvalue weighted by molar-refractivity contribution is -0.116. The summed E-state index contributed by atoms with van der Waals surface area (Å²) in [7, 11) is 0. The first kappa shape index (κ1) is 23.8. The lowest BCUT2D eigenvalue weighted by Gasteiger charge is -2.19. The molecule has 0 aliphatic rings. The van der Waals surface area contributed by atoms with Crippen molar-refractivity contribution in [2.45, 2.75) is 39.0 Å². The lowest BCUT2D eigenvalue weighted by Crippen LogP contribution is -2.14. The van der Waals surface area contributed by atoms with Gasteiger partial charge in [-0.15, -0.1) is 0 Å². The first-order valence-electron chi connectivity index (χ1n) is 11.9. The van der Waals surface area contributed by atoms with Crippen LogP contribution >= 0.6 is 11.6 Å². The standard InChI is InChI=1S/C29H27ClN4O2/c1-29(2,3)20-10-14-22(15-11-20)32-26(35)17-16-25-27(19-8-12-21(30)13-9-19)33-28(36-25)34-18-31-23-6-4-5-7-24(23)34/h4-15,18H,16-17H2,1-3H3,(H,32,35). The minimum absolute atomic E-state index is 0.0607. The number of aromatic nitrogens is 3. The van der Waals surface area contributed by atoms with E-state index in [2.05, 4.69) is 31.1 Å². The molecule has 3 aromatic carbocycles. The molecule has 6 nitrogen and oxygen atoms in total. The third kappa shape index (κ3) is 5.04. The van der Waals surface area contributed by atoms with Crippen molar-refractivity contribution in [3.63, 3.8) is 0 Å². The highest BCUT2D eigenvalue weighted by Crippen LogP contribution is 2.29. The highest BCUT2D eigenvalue weighted by molar-refractivity contribution is 6.30. The van der Waals surface area contributed by atoms with Crippen LogP contribution in [0.2, 0.25) is 5.02 Å². The third-order valence-corrected chi connectivity index (χ3v) is 6.33. The van der Waals surface area contributed by atoms with Gasteiger partial charge >= 0.3 is 6.01 Å². The number of anilines is 1. The predicted molar refractivity (Wildman–Crippen MR) is 144 cm³/mol. The van der Waals surface area contributed by atoms with Crippen molar-refractivity contribution < 1.29 is 9.21 Å². The zero-order chi connectivity index (χ0) is 25.3. The van der Waals surface area contributed by atoms with Gasteiger partial charge in [-0.05, 0) is 47.4 Å². The van der Waals surface area contributed by atoms with Gasteiger partial charge in [-0.2, -0.15) is 4.98 Å². The van der Waals surface area contributed by atoms with Crippen molar-refractivity contribution in [3.05, 3.63) is 95.5 Å². The molecule has 0 fully saturated rings. The molecule has 2 heterocycles. The summed E-state index contributed by atoms with van der Waals surface area (Å²) in [4.78, 5) is 22.0. The molecule has 0 unspecified atom stereocenters. The smallest absolute Gasteiger partial charge is 0.308 e. The minimum atomic E-state index is -0.0911. The Morgan fingerprint density at radius 3 is 2.44 bits per heavy atom. The molecule has 0 aliphatic carbocycles. The van der Waals surface area contributed by atoms with Crippen LogP contribution in [-0.2, 0) is 16.6 Å². The van der Waals surface area contributed by atoms with Gasteiger partial charge < -0.3 is 9.73 Å². The Kier molecular flexibility index (Phi) is 6.37. The Morgan fingerprint density at radius 2 is 1.72 bits per heavy atom. The van der Waals surface area contributed by atoms with Crippen molar-refractivity contribution in [3.8, 4) is 17.3 Å². The number of hydrogen-bond acceptors (Lipinski definition) is 4. The molecule has 0 spiro atoms. The van der Waals surface area contributed by atoms with Crippen LogP contribution in [0.3, 0.4) is 0 Å². The van der Waals surface area contributed by atoms with Crippen LogP contribution in [0.15, 0.2) is 83.5 Å². The zero-order valence-electron chi connectivity index (χ0n) is 20.5. The van der Waals surface area contributed by atoms with E-state index in [1.165, 1.54) is 5.56 Å². The first-order valence-corrected chi connectivity index (χ1v) is 12.2. The van der Waals surface area contributed by atoms with E-state index in [0.717, 1.165) is 22.3 Å². The fraction of sp³-hybridized carbons (Fsp3) is 0.207. The maximum absolute atomic E-state index is 12.8. The molecular formula is C29H27ClN4O2. The third-order valence-electron chi connectivity index (χ3n) is 6.08. The highest BCUT2D eigenvalue weighted by atomic mass is 35.5. The highest BCUT2D eigenvalue weighted by Gasteiger charge is 2.19. The molecule has 0 aliphatic heterocycles. The minimum Gasteiger partial charge on any atom is -0.427 e. The molecule has 5 rings (SSSR count). The van der Waals surface area contributed by atoms with E-state index < -0.39 is 0 Å². The average Bonchev–Trinajstić information content (AvgIpc) is 3.47. The summed E-state index contributed by atoms with van der Waals surface area (Å²) in [5.74, 6) is 0.537. The van der Waals surface area contributed by atoms with Gasteiger partial charge in [0.15, 0.2) is 0 Å². The predicted octanol–water partition coefficient (Wildman–Crippen LogP) is 7.20. The quantitative estimate of drug-likeness (QED) is 0.268. The van der Waals surface area contributed by atoms with Gasteiger partial charge in [0.25, 0.3) is 0 Å². The first-order chi connectivity index (χ1) is 17.3. The number of halogens is 1. The summed E-state index contributed by atoms with van der Waals surface area (Å²) in [6.45, 7) is 6.49. The van der Waals surface area contributed by atoms with Crippen LogP contribution in [0.4, 0.5) is 5.69 Å². The number of nitrogens with zero attached hydrogens (tertiary/aromatic N) is 3. The molecule has 0 atom stereocenters. The normalized spacial score (nSPS) is 11.7. The molecular weight excluding hydrogens is 472 g/mol. The topological polar surface area (TPSA) is 73.0 Å². The van der Waals surface area contributed by atoms with Crippen LogP contribution in [-0.4, -0.2) is 20.4 Å². The second-order valence-electron chi connectivity index (χ2n) is 9.75. The van der Waals surface area contributed by atoms with Gasteiger partial charge in [-0.25, -0.2) is 4.98 Å². The van der Waals surface area contributed by atoms with Crippen LogP contribution in [0.1, 0.15) is 38.5 Å². The number of fused-ring (bicyclic) bond motifs is 1.